The molecule has 0 radical (unpaired) electrons. The number of unbranched alkanes of at least 4 members (excludes halogenated alkanes) is 1. The number of carbonyl (C=O) groups is 5. The van der Waals surface area contributed by atoms with Crippen LogP contribution < -0.4 is 16.5 Å². The Morgan fingerprint density at radius 1 is 1.05 bits per heavy atom. The lowest BCUT2D eigenvalue weighted by atomic mass is 9.84. The SMILES string of the molecule is COC(=O)[C@H](CCSC)NC(=O)CCCCNC(=O)[C@H](Cc1cccc(C(C)C)c1-c1ccccc1C(=O)O)N(N)C(C)=O. The lowest BCUT2D eigenvalue weighted by molar-refractivity contribution is -0.145. The number of aromatic carboxylic acids is 1. The molecule has 0 aliphatic heterocycles. The number of hydrogen-bond donors (Lipinski definition) is 4. The van der Waals surface area contributed by atoms with Crippen molar-refractivity contribution in [1.29, 1.82) is 0 Å². The van der Waals surface area contributed by atoms with Crippen LogP contribution in [-0.4, -0.2) is 77.5 Å². The summed E-state index contributed by atoms with van der Waals surface area (Å²) in [5.41, 5.74) is 2.93. The molecule has 0 aliphatic rings. The van der Waals surface area contributed by atoms with E-state index in [0.29, 0.717) is 41.7 Å². The second-order valence-corrected chi connectivity index (χ2v) is 11.7. The van der Waals surface area contributed by atoms with Crippen LogP contribution in [0.1, 0.15) is 73.9 Å². The molecule has 0 saturated carbocycles. The van der Waals surface area contributed by atoms with Crippen molar-refractivity contribution in [1.82, 2.24) is 15.6 Å². The summed E-state index contributed by atoms with van der Waals surface area (Å²) >= 11 is 1.57. The molecular formula is C32H44N4O7S. The zero-order chi connectivity index (χ0) is 32.8. The van der Waals surface area contributed by atoms with Gasteiger partial charge in [0, 0.05) is 26.3 Å². The highest BCUT2D eigenvalue weighted by atomic mass is 32.2. The van der Waals surface area contributed by atoms with E-state index in [1.807, 2.05) is 38.3 Å². The lowest BCUT2D eigenvalue weighted by Gasteiger charge is -2.28. The molecule has 11 nitrogen and oxygen atoms in total. The normalized spacial score (nSPS) is 12.2. The maximum absolute atomic E-state index is 13.4. The maximum atomic E-state index is 13.4. The molecule has 0 aromatic heterocycles. The number of benzene rings is 2. The van der Waals surface area contributed by atoms with Crippen LogP contribution in [0.4, 0.5) is 0 Å². The van der Waals surface area contributed by atoms with E-state index in [1.54, 1.807) is 30.0 Å². The summed E-state index contributed by atoms with van der Waals surface area (Å²) in [5, 5.41) is 16.3. The number of thioether (sulfide) groups is 1. The molecule has 5 N–H and O–H groups in total. The molecule has 0 fully saturated rings. The number of carboxylic acid groups (broad SMARTS) is 1. The molecule has 0 bridgehead atoms. The van der Waals surface area contributed by atoms with Crippen LogP contribution in [0.3, 0.4) is 0 Å². The van der Waals surface area contributed by atoms with Gasteiger partial charge in [0.15, 0.2) is 0 Å². The molecule has 2 atom stereocenters. The number of nitrogens with one attached hydrogen (secondary N) is 2. The van der Waals surface area contributed by atoms with Crippen LogP contribution in [0.25, 0.3) is 11.1 Å². The van der Waals surface area contributed by atoms with Crippen LogP contribution in [0, 0.1) is 0 Å². The highest BCUT2D eigenvalue weighted by Crippen LogP contribution is 2.35. The van der Waals surface area contributed by atoms with Gasteiger partial charge in [-0.15, -0.1) is 0 Å². The van der Waals surface area contributed by atoms with Gasteiger partial charge in [0.25, 0.3) is 0 Å². The van der Waals surface area contributed by atoms with Crippen molar-refractivity contribution in [2.45, 2.75) is 70.9 Å². The number of amides is 3. The Labute approximate surface area is 263 Å². The number of nitrogens with zero attached hydrogens (tertiary/aromatic N) is 1. The largest absolute Gasteiger partial charge is 0.478 e. The minimum absolute atomic E-state index is 0.0477. The first-order valence-electron chi connectivity index (χ1n) is 14.6. The zero-order valence-electron chi connectivity index (χ0n) is 26.1. The summed E-state index contributed by atoms with van der Waals surface area (Å²) in [6.45, 7) is 5.51. The van der Waals surface area contributed by atoms with Gasteiger partial charge in [-0.3, -0.25) is 19.4 Å². The van der Waals surface area contributed by atoms with E-state index in [4.69, 9.17) is 10.6 Å². The molecule has 0 aliphatic carbocycles. The van der Waals surface area contributed by atoms with Gasteiger partial charge in [-0.1, -0.05) is 50.2 Å². The first kappa shape index (κ1) is 36.3. The molecule has 0 spiro atoms. The first-order chi connectivity index (χ1) is 20.9. The van der Waals surface area contributed by atoms with Crippen molar-refractivity contribution in [3.63, 3.8) is 0 Å². The van der Waals surface area contributed by atoms with Gasteiger partial charge < -0.3 is 20.5 Å². The van der Waals surface area contributed by atoms with Crippen molar-refractivity contribution in [3.8, 4) is 11.1 Å². The molecule has 2 aromatic carbocycles. The number of ether oxygens (including phenoxy) is 1. The van der Waals surface area contributed by atoms with E-state index in [0.717, 1.165) is 10.6 Å². The van der Waals surface area contributed by atoms with Crippen LogP contribution >= 0.6 is 11.8 Å². The van der Waals surface area contributed by atoms with Crippen LogP contribution in [-0.2, 0) is 30.3 Å². The number of rotatable bonds is 17. The van der Waals surface area contributed by atoms with Crippen molar-refractivity contribution in [3.05, 3.63) is 59.2 Å². The minimum atomic E-state index is -1.07. The number of carbonyl (C=O) groups excluding carboxylic acids is 4. The third-order valence-corrected chi connectivity index (χ3v) is 7.85. The Hall–Kier alpha value is -3.90. The number of esters is 1. The Morgan fingerprint density at radius 2 is 1.75 bits per heavy atom. The average molecular weight is 629 g/mol. The van der Waals surface area contributed by atoms with Gasteiger partial charge in [-0.2, -0.15) is 11.8 Å². The van der Waals surface area contributed by atoms with E-state index in [9.17, 15) is 29.1 Å². The Bertz CT molecular complexity index is 1320. The van der Waals surface area contributed by atoms with Crippen molar-refractivity contribution < 1.29 is 33.8 Å². The third kappa shape index (κ3) is 10.4. The monoisotopic (exact) mass is 628 g/mol. The second-order valence-electron chi connectivity index (χ2n) is 10.7. The number of carboxylic acids is 1. The summed E-state index contributed by atoms with van der Waals surface area (Å²) in [6.07, 6.45) is 3.53. The molecule has 12 heteroatoms. The second kappa shape index (κ2) is 18.0. The van der Waals surface area contributed by atoms with E-state index >= 15 is 0 Å². The summed E-state index contributed by atoms with van der Waals surface area (Å²) in [4.78, 5) is 62.1. The highest BCUT2D eigenvalue weighted by molar-refractivity contribution is 7.98. The molecule has 2 rings (SSSR count). The summed E-state index contributed by atoms with van der Waals surface area (Å²) in [6, 6.07) is 10.5. The van der Waals surface area contributed by atoms with Gasteiger partial charge in [-0.25, -0.2) is 15.4 Å². The fourth-order valence-electron chi connectivity index (χ4n) is 4.87. The average Bonchev–Trinajstić information content (AvgIpc) is 3.00. The van der Waals surface area contributed by atoms with Gasteiger partial charge >= 0.3 is 11.9 Å². The third-order valence-electron chi connectivity index (χ3n) is 7.21. The van der Waals surface area contributed by atoms with Gasteiger partial charge in [0.05, 0.1) is 12.7 Å². The summed E-state index contributed by atoms with van der Waals surface area (Å²) in [5.74, 6) is 4.02. The van der Waals surface area contributed by atoms with Crippen molar-refractivity contribution in [2.75, 3.05) is 25.7 Å². The fourth-order valence-corrected chi connectivity index (χ4v) is 5.34. The first-order valence-corrected chi connectivity index (χ1v) is 15.9. The molecule has 44 heavy (non-hydrogen) atoms. The van der Waals surface area contributed by atoms with Gasteiger partial charge in [0.2, 0.25) is 17.7 Å². The molecule has 3 amide bonds. The molecule has 240 valence electrons. The number of hydrogen-bond acceptors (Lipinski definition) is 8. The van der Waals surface area contributed by atoms with E-state index in [-0.39, 0.29) is 36.8 Å². The van der Waals surface area contributed by atoms with Gasteiger partial charge in [0.1, 0.15) is 12.1 Å². The molecule has 2 aromatic rings. The zero-order valence-corrected chi connectivity index (χ0v) is 26.9. The summed E-state index contributed by atoms with van der Waals surface area (Å²) < 4.78 is 4.77. The molecule has 0 saturated heterocycles. The maximum Gasteiger partial charge on any atom is 0.336 e. The molecule has 0 unspecified atom stereocenters. The fraction of sp³-hybridized carbons (Fsp3) is 0.469. The number of methoxy groups -OCH3 is 1. The van der Waals surface area contributed by atoms with Crippen LogP contribution in [0.15, 0.2) is 42.5 Å². The number of nitrogens with two attached hydrogens (primary N) is 1. The summed E-state index contributed by atoms with van der Waals surface area (Å²) in [7, 11) is 1.28. The lowest BCUT2D eigenvalue weighted by Crippen LogP contribution is -2.53. The van der Waals surface area contributed by atoms with Crippen LogP contribution in [0.5, 0.6) is 0 Å². The Kier molecular flexibility index (Phi) is 14.9. The Morgan fingerprint density at radius 3 is 2.36 bits per heavy atom. The highest BCUT2D eigenvalue weighted by Gasteiger charge is 2.29. The van der Waals surface area contributed by atoms with Crippen LogP contribution in [0.2, 0.25) is 0 Å². The molecule has 0 heterocycles. The van der Waals surface area contributed by atoms with E-state index in [2.05, 4.69) is 10.6 Å². The van der Waals surface area contributed by atoms with Crippen molar-refractivity contribution in [2.24, 2.45) is 5.84 Å². The standard InChI is InChI=1S/C32H44N4O7S/c1-20(2)23-14-10-11-22(29(23)24-12-6-7-13-25(24)31(40)41)19-27(36(33)21(3)37)30(39)34-17-9-8-15-28(38)35-26(16-18-44-5)32(42)43-4/h6-7,10-14,20,26-27H,8-9,15-19,33H2,1-5H3,(H,34,39)(H,35,38)(H,40,41)/t26-,27-/m0/s1. The van der Waals surface area contributed by atoms with E-state index in [1.165, 1.54) is 20.1 Å². The topological polar surface area (TPSA) is 168 Å². The smallest absolute Gasteiger partial charge is 0.336 e. The predicted octanol–water partition coefficient (Wildman–Crippen LogP) is 3.51. The van der Waals surface area contributed by atoms with Crippen molar-refractivity contribution >= 4 is 41.4 Å². The quantitative estimate of drug-likeness (QED) is 0.0674. The van der Waals surface area contributed by atoms with E-state index < -0.39 is 35.8 Å². The number of hydrazine groups is 1. The van der Waals surface area contributed by atoms with Gasteiger partial charge in [-0.05, 0) is 65.5 Å². The Balaban J connectivity index is 2.17. The predicted molar refractivity (Wildman–Crippen MR) is 171 cm³/mol. The molecular weight excluding hydrogens is 584 g/mol. The minimum Gasteiger partial charge on any atom is -0.478 e.